The molecule has 0 aliphatic rings. The van der Waals surface area contributed by atoms with E-state index in [1.165, 1.54) is 17.0 Å². The molecule has 2 amide bonds. The molecule has 0 radical (unpaired) electrons. The number of anilines is 1. The highest BCUT2D eigenvalue weighted by atomic mass is 32.2. The predicted molar refractivity (Wildman–Crippen MR) is 151 cm³/mol. The predicted octanol–water partition coefficient (Wildman–Crippen LogP) is 4.56. The highest BCUT2D eigenvalue weighted by Crippen LogP contribution is 2.25. The number of hydrogen-bond acceptors (Lipinski definition) is 4. The lowest BCUT2D eigenvalue weighted by Gasteiger charge is -2.32. The monoisotopic (exact) mass is 535 g/mol. The summed E-state index contributed by atoms with van der Waals surface area (Å²) in [6, 6.07) is 24.0. The molecule has 8 heteroatoms. The molecule has 0 bridgehead atoms. The summed E-state index contributed by atoms with van der Waals surface area (Å²) in [5.41, 5.74) is 2.28. The SMILES string of the molecule is CCC(C)NC(=O)C(C)N(CCc1ccccc1)C(=O)CN(c1cccc(C)c1)S(=O)(=O)c1ccccc1. The van der Waals surface area contributed by atoms with Crippen LogP contribution in [0.2, 0.25) is 0 Å². The van der Waals surface area contributed by atoms with Crippen LogP contribution in [-0.2, 0) is 26.0 Å². The van der Waals surface area contributed by atoms with Crippen molar-refractivity contribution >= 4 is 27.5 Å². The van der Waals surface area contributed by atoms with Crippen molar-refractivity contribution in [1.82, 2.24) is 10.2 Å². The van der Waals surface area contributed by atoms with Gasteiger partial charge in [-0.05, 0) is 69.0 Å². The molecule has 7 nitrogen and oxygen atoms in total. The molecule has 3 rings (SSSR count). The molecular weight excluding hydrogens is 498 g/mol. The van der Waals surface area contributed by atoms with E-state index < -0.39 is 28.5 Å². The molecule has 0 fully saturated rings. The van der Waals surface area contributed by atoms with Crippen LogP contribution in [0.5, 0.6) is 0 Å². The minimum absolute atomic E-state index is 0.0433. The first-order valence-corrected chi connectivity index (χ1v) is 14.4. The van der Waals surface area contributed by atoms with Crippen LogP contribution in [0.1, 0.15) is 38.3 Å². The van der Waals surface area contributed by atoms with Crippen LogP contribution >= 0.6 is 0 Å². The van der Waals surface area contributed by atoms with Crippen molar-refractivity contribution in [1.29, 1.82) is 0 Å². The molecule has 0 saturated heterocycles. The van der Waals surface area contributed by atoms with Gasteiger partial charge < -0.3 is 10.2 Å². The van der Waals surface area contributed by atoms with Crippen LogP contribution in [0.25, 0.3) is 0 Å². The van der Waals surface area contributed by atoms with E-state index >= 15 is 0 Å². The van der Waals surface area contributed by atoms with Gasteiger partial charge in [0.05, 0.1) is 10.6 Å². The Morgan fingerprint density at radius 2 is 1.53 bits per heavy atom. The fraction of sp³-hybridized carbons (Fsp3) is 0.333. The Balaban J connectivity index is 1.96. The van der Waals surface area contributed by atoms with Gasteiger partial charge >= 0.3 is 0 Å². The van der Waals surface area contributed by atoms with E-state index in [2.05, 4.69) is 5.32 Å². The molecule has 1 N–H and O–H groups in total. The van der Waals surface area contributed by atoms with Gasteiger partial charge in [0.1, 0.15) is 12.6 Å². The first kappa shape index (κ1) is 28.9. The Bertz CT molecular complexity index is 1310. The lowest BCUT2D eigenvalue weighted by atomic mass is 10.1. The smallest absolute Gasteiger partial charge is 0.264 e. The molecule has 0 heterocycles. The summed E-state index contributed by atoms with van der Waals surface area (Å²) in [6.07, 6.45) is 1.29. The van der Waals surface area contributed by atoms with E-state index in [9.17, 15) is 18.0 Å². The summed E-state index contributed by atoms with van der Waals surface area (Å²) in [6.45, 7) is 7.27. The number of sulfonamides is 1. The van der Waals surface area contributed by atoms with Crippen LogP contribution in [0.15, 0.2) is 89.8 Å². The number of rotatable bonds is 12. The largest absolute Gasteiger partial charge is 0.352 e. The summed E-state index contributed by atoms with van der Waals surface area (Å²) in [7, 11) is -4.05. The fourth-order valence-electron chi connectivity index (χ4n) is 4.07. The zero-order chi connectivity index (χ0) is 27.7. The van der Waals surface area contributed by atoms with Crippen molar-refractivity contribution in [2.24, 2.45) is 0 Å². The molecule has 0 aliphatic carbocycles. The Kier molecular flexibility index (Phi) is 10.1. The number of nitrogens with zero attached hydrogens (tertiary/aromatic N) is 2. The van der Waals surface area contributed by atoms with Gasteiger partial charge in [-0.25, -0.2) is 8.42 Å². The molecule has 3 aromatic carbocycles. The van der Waals surface area contributed by atoms with Gasteiger partial charge in [-0.1, -0.05) is 67.6 Å². The summed E-state index contributed by atoms with van der Waals surface area (Å²) < 4.78 is 28.6. The first-order valence-electron chi connectivity index (χ1n) is 12.9. The van der Waals surface area contributed by atoms with E-state index in [1.54, 1.807) is 43.3 Å². The van der Waals surface area contributed by atoms with Crippen LogP contribution in [0.3, 0.4) is 0 Å². The number of aryl methyl sites for hydroxylation is 1. The normalized spacial score (nSPS) is 12.8. The zero-order valence-electron chi connectivity index (χ0n) is 22.5. The number of hydrogen-bond donors (Lipinski definition) is 1. The number of carbonyl (C=O) groups excluding carboxylic acids is 2. The van der Waals surface area contributed by atoms with Gasteiger partial charge in [-0.3, -0.25) is 13.9 Å². The number of carbonyl (C=O) groups is 2. The van der Waals surface area contributed by atoms with Crippen LogP contribution in [0.4, 0.5) is 5.69 Å². The fourth-order valence-corrected chi connectivity index (χ4v) is 5.49. The van der Waals surface area contributed by atoms with Gasteiger partial charge in [-0.2, -0.15) is 0 Å². The van der Waals surface area contributed by atoms with Crippen molar-refractivity contribution < 1.29 is 18.0 Å². The molecule has 0 saturated carbocycles. The molecule has 0 aromatic heterocycles. The lowest BCUT2D eigenvalue weighted by Crippen LogP contribution is -2.53. The van der Waals surface area contributed by atoms with Gasteiger partial charge in [-0.15, -0.1) is 0 Å². The summed E-state index contributed by atoms with van der Waals surface area (Å²) >= 11 is 0. The van der Waals surface area contributed by atoms with Crippen LogP contribution < -0.4 is 9.62 Å². The topological polar surface area (TPSA) is 86.8 Å². The van der Waals surface area contributed by atoms with Crippen LogP contribution in [-0.4, -0.2) is 50.3 Å². The number of nitrogens with one attached hydrogen (secondary N) is 1. The van der Waals surface area contributed by atoms with E-state index in [0.29, 0.717) is 12.1 Å². The maximum absolute atomic E-state index is 13.9. The maximum atomic E-state index is 13.9. The standard InChI is InChI=1S/C30H37N3O4S/c1-5-24(3)31-30(35)25(4)32(20-19-26-14-8-6-9-15-26)29(34)22-33(27-16-12-13-23(2)21-27)38(36,37)28-17-10-7-11-18-28/h6-18,21,24-25H,5,19-20,22H2,1-4H3,(H,31,35). The molecule has 0 spiro atoms. The van der Waals surface area contributed by atoms with Crippen molar-refractivity contribution in [3.63, 3.8) is 0 Å². The Labute approximate surface area is 226 Å². The average molecular weight is 536 g/mol. The average Bonchev–Trinajstić information content (AvgIpc) is 2.92. The Hall–Kier alpha value is -3.65. The number of benzene rings is 3. The molecule has 202 valence electrons. The third-order valence-corrected chi connectivity index (χ3v) is 8.34. The van der Waals surface area contributed by atoms with Crippen molar-refractivity contribution in [2.75, 3.05) is 17.4 Å². The minimum atomic E-state index is -4.05. The van der Waals surface area contributed by atoms with E-state index in [-0.39, 0.29) is 23.4 Å². The molecule has 38 heavy (non-hydrogen) atoms. The number of amides is 2. The summed E-state index contributed by atoms with van der Waals surface area (Å²) in [4.78, 5) is 28.5. The van der Waals surface area contributed by atoms with Gasteiger partial charge in [0.25, 0.3) is 10.0 Å². The summed E-state index contributed by atoms with van der Waals surface area (Å²) in [5.74, 6) is -0.720. The van der Waals surface area contributed by atoms with Gasteiger partial charge in [0, 0.05) is 12.6 Å². The van der Waals surface area contributed by atoms with Gasteiger partial charge in [0.2, 0.25) is 11.8 Å². The third kappa shape index (κ3) is 7.44. The highest BCUT2D eigenvalue weighted by Gasteiger charge is 2.32. The van der Waals surface area contributed by atoms with E-state index in [1.807, 2.05) is 57.2 Å². The zero-order valence-corrected chi connectivity index (χ0v) is 23.3. The van der Waals surface area contributed by atoms with Crippen molar-refractivity contribution in [3.05, 3.63) is 96.1 Å². The first-order chi connectivity index (χ1) is 18.1. The molecule has 0 aliphatic heterocycles. The molecule has 3 aromatic rings. The second kappa shape index (κ2) is 13.2. The molecular formula is C30H37N3O4S. The van der Waals surface area contributed by atoms with Crippen molar-refractivity contribution in [2.45, 2.75) is 57.5 Å². The lowest BCUT2D eigenvalue weighted by molar-refractivity contribution is -0.139. The highest BCUT2D eigenvalue weighted by molar-refractivity contribution is 7.92. The third-order valence-electron chi connectivity index (χ3n) is 6.55. The summed E-state index contributed by atoms with van der Waals surface area (Å²) in [5, 5.41) is 2.95. The maximum Gasteiger partial charge on any atom is 0.264 e. The quantitative estimate of drug-likeness (QED) is 0.368. The second-order valence-electron chi connectivity index (χ2n) is 9.48. The van der Waals surface area contributed by atoms with E-state index in [4.69, 9.17) is 0 Å². The Morgan fingerprint density at radius 1 is 0.895 bits per heavy atom. The van der Waals surface area contributed by atoms with E-state index in [0.717, 1.165) is 21.9 Å². The van der Waals surface area contributed by atoms with Crippen LogP contribution in [0, 0.1) is 6.92 Å². The minimum Gasteiger partial charge on any atom is -0.352 e. The Morgan fingerprint density at radius 3 is 2.13 bits per heavy atom. The van der Waals surface area contributed by atoms with Gasteiger partial charge in [0.15, 0.2) is 0 Å². The second-order valence-corrected chi connectivity index (χ2v) is 11.3. The van der Waals surface area contributed by atoms with Crippen molar-refractivity contribution in [3.8, 4) is 0 Å². The molecule has 2 unspecified atom stereocenters. The molecule has 2 atom stereocenters.